The number of thiophene rings is 1. The van der Waals surface area contributed by atoms with Crippen molar-refractivity contribution in [3.05, 3.63) is 28.6 Å². The van der Waals surface area contributed by atoms with Gasteiger partial charge in [-0.15, -0.1) is 11.3 Å². The third-order valence-corrected chi connectivity index (χ3v) is 5.75. The molecule has 2 N–H and O–H groups in total. The van der Waals surface area contributed by atoms with Gasteiger partial charge in [-0.2, -0.15) is 0 Å². The lowest BCUT2D eigenvalue weighted by Crippen LogP contribution is -2.28. The van der Waals surface area contributed by atoms with Gasteiger partial charge in [-0.1, -0.05) is 0 Å². The average molecular weight is 318 g/mol. The molecule has 0 bridgehead atoms. The molecule has 1 saturated heterocycles. The molecule has 2 heterocycles. The van der Waals surface area contributed by atoms with E-state index in [1.54, 1.807) is 18.4 Å². The standard InChI is InChI=1S/C17H22N2O2S/c1-11-14-9-13(21-2)3-4-15(14)22-16(11)17(20)19-8-6-12(10-19)5-7-18/h3-4,9,12H,5-8,10,18H2,1-2H3. The van der Waals surface area contributed by atoms with E-state index in [1.807, 2.05) is 30.0 Å². The van der Waals surface area contributed by atoms with Gasteiger partial charge in [0.2, 0.25) is 0 Å². The van der Waals surface area contributed by atoms with Crippen LogP contribution in [0.2, 0.25) is 0 Å². The van der Waals surface area contributed by atoms with E-state index in [1.165, 1.54) is 0 Å². The Kier molecular flexibility index (Phi) is 4.36. The van der Waals surface area contributed by atoms with Crippen LogP contribution in [0.3, 0.4) is 0 Å². The fourth-order valence-electron chi connectivity index (χ4n) is 3.16. The van der Waals surface area contributed by atoms with Gasteiger partial charge in [0.15, 0.2) is 0 Å². The monoisotopic (exact) mass is 318 g/mol. The van der Waals surface area contributed by atoms with E-state index < -0.39 is 0 Å². The smallest absolute Gasteiger partial charge is 0.264 e. The van der Waals surface area contributed by atoms with Crippen molar-refractivity contribution in [3.63, 3.8) is 0 Å². The molecule has 1 aliphatic rings. The van der Waals surface area contributed by atoms with E-state index in [0.717, 1.165) is 52.2 Å². The number of hydrogen-bond acceptors (Lipinski definition) is 4. The van der Waals surface area contributed by atoms with Crippen LogP contribution < -0.4 is 10.5 Å². The summed E-state index contributed by atoms with van der Waals surface area (Å²) in [5.74, 6) is 1.55. The van der Waals surface area contributed by atoms with Gasteiger partial charge in [0.05, 0.1) is 12.0 Å². The highest BCUT2D eigenvalue weighted by molar-refractivity contribution is 7.21. The average Bonchev–Trinajstić information content (AvgIpc) is 3.12. The number of methoxy groups -OCH3 is 1. The summed E-state index contributed by atoms with van der Waals surface area (Å²) < 4.78 is 6.42. The zero-order chi connectivity index (χ0) is 15.7. The molecule has 2 aromatic rings. The van der Waals surface area contributed by atoms with E-state index in [4.69, 9.17) is 10.5 Å². The van der Waals surface area contributed by atoms with Crippen LogP contribution in [0, 0.1) is 12.8 Å². The first-order valence-electron chi connectivity index (χ1n) is 7.70. The van der Waals surface area contributed by atoms with Crippen molar-refractivity contribution in [2.75, 3.05) is 26.7 Å². The molecule has 0 spiro atoms. The number of nitrogens with zero attached hydrogens (tertiary/aromatic N) is 1. The number of likely N-dealkylation sites (tertiary alicyclic amines) is 1. The number of benzene rings is 1. The second kappa shape index (κ2) is 6.26. The Bertz CT molecular complexity index is 695. The molecule has 1 amide bonds. The van der Waals surface area contributed by atoms with Crippen LogP contribution in [-0.4, -0.2) is 37.6 Å². The van der Waals surface area contributed by atoms with Crippen molar-refractivity contribution >= 4 is 27.3 Å². The maximum Gasteiger partial charge on any atom is 0.264 e. The highest BCUT2D eigenvalue weighted by Gasteiger charge is 2.28. The third-order valence-electron chi connectivity index (χ3n) is 4.49. The number of aryl methyl sites for hydroxylation is 1. The van der Waals surface area contributed by atoms with Gasteiger partial charge in [-0.3, -0.25) is 4.79 Å². The summed E-state index contributed by atoms with van der Waals surface area (Å²) in [6.07, 6.45) is 2.08. The summed E-state index contributed by atoms with van der Waals surface area (Å²) in [7, 11) is 1.66. The molecule has 3 rings (SSSR count). The predicted octanol–water partition coefficient (Wildman–Crippen LogP) is 3.03. The molecule has 5 heteroatoms. The molecule has 0 radical (unpaired) electrons. The first-order chi connectivity index (χ1) is 10.6. The van der Waals surface area contributed by atoms with Gasteiger partial charge in [0, 0.05) is 17.8 Å². The Balaban J connectivity index is 1.87. The Morgan fingerprint density at radius 1 is 1.50 bits per heavy atom. The summed E-state index contributed by atoms with van der Waals surface area (Å²) in [5.41, 5.74) is 6.69. The van der Waals surface area contributed by atoms with Crippen LogP contribution in [0.1, 0.15) is 28.1 Å². The highest BCUT2D eigenvalue weighted by atomic mass is 32.1. The van der Waals surface area contributed by atoms with Gasteiger partial charge in [0.25, 0.3) is 5.91 Å². The normalized spacial score (nSPS) is 18.1. The van der Waals surface area contributed by atoms with Gasteiger partial charge in [0.1, 0.15) is 5.75 Å². The first-order valence-corrected chi connectivity index (χ1v) is 8.52. The van der Waals surface area contributed by atoms with Gasteiger partial charge >= 0.3 is 0 Å². The minimum absolute atomic E-state index is 0.164. The maximum atomic E-state index is 12.8. The molecule has 22 heavy (non-hydrogen) atoms. The fourth-order valence-corrected chi connectivity index (χ4v) is 4.32. The highest BCUT2D eigenvalue weighted by Crippen LogP contribution is 2.35. The minimum Gasteiger partial charge on any atom is -0.497 e. The second-order valence-corrected chi connectivity index (χ2v) is 6.95. The molecular formula is C17H22N2O2S. The number of carbonyl (C=O) groups is 1. The van der Waals surface area contributed by atoms with E-state index in [2.05, 4.69) is 0 Å². The number of nitrogens with two attached hydrogens (primary N) is 1. The van der Waals surface area contributed by atoms with E-state index in [-0.39, 0.29) is 5.91 Å². The molecule has 118 valence electrons. The maximum absolute atomic E-state index is 12.8. The molecule has 1 unspecified atom stereocenters. The van der Waals surface area contributed by atoms with Crippen molar-refractivity contribution in [3.8, 4) is 5.75 Å². The topological polar surface area (TPSA) is 55.6 Å². The molecule has 4 nitrogen and oxygen atoms in total. The summed E-state index contributed by atoms with van der Waals surface area (Å²) in [4.78, 5) is 15.7. The van der Waals surface area contributed by atoms with E-state index >= 15 is 0 Å². The molecule has 1 fully saturated rings. The third kappa shape index (κ3) is 2.71. The Hall–Kier alpha value is -1.59. The number of hydrogen-bond donors (Lipinski definition) is 1. The van der Waals surface area contributed by atoms with E-state index in [9.17, 15) is 4.79 Å². The van der Waals surface area contributed by atoms with Gasteiger partial charge < -0.3 is 15.4 Å². The van der Waals surface area contributed by atoms with Crippen molar-refractivity contribution in [2.24, 2.45) is 11.7 Å². The number of rotatable bonds is 4. The fraction of sp³-hybridized carbons (Fsp3) is 0.471. The largest absolute Gasteiger partial charge is 0.497 e. The van der Waals surface area contributed by atoms with E-state index in [0.29, 0.717) is 12.5 Å². The SMILES string of the molecule is COc1ccc2sc(C(=O)N3CCC(CCN)C3)c(C)c2c1. The lowest BCUT2D eigenvalue weighted by Gasteiger charge is -2.16. The minimum atomic E-state index is 0.164. The van der Waals surface area contributed by atoms with Crippen LogP contribution in [0.5, 0.6) is 5.75 Å². The van der Waals surface area contributed by atoms with Gasteiger partial charge in [-0.25, -0.2) is 0 Å². The molecular weight excluding hydrogens is 296 g/mol. The zero-order valence-corrected chi connectivity index (χ0v) is 13.9. The Morgan fingerprint density at radius 3 is 3.05 bits per heavy atom. The number of amides is 1. The Labute approximate surface area is 134 Å². The van der Waals surface area contributed by atoms with Crippen molar-refractivity contribution in [1.29, 1.82) is 0 Å². The van der Waals surface area contributed by atoms with Crippen LogP contribution in [0.15, 0.2) is 18.2 Å². The van der Waals surface area contributed by atoms with Crippen molar-refractivity contribution < 1.29 is 9.53 Å². The quantitative estimate of drug-likeness (QED) is 0.943. The van der Waals surface area contributed by atoms with Crippen molar-refractivity contribution in [1.82, 2.24) is 4.90 Å². The van der Waals surface area contributed by atoms with Crippen LogP contribution in [-0.2, 0) is 0 Å². The summed E-state index contributed by atoms with van der Waals surface area (Å²) >= 11 is 1.58. The molecule has 1 aromatic carbocycles. The van der Waals surface area contributed by atoms with Crippen LogP contribution in [0.4, 0.5) is 0 Å². The lowest BCUT2D eigenvalue weighted by atomic mass is 10.1. The predicted molar refractivity (Wildman–Crippen MR) is 90.8 cm³/mol. The van der Waals surface area contributed by atoms with Crippen LogP contribution >= 0.6 is 11.3 Å². The molecule has 1 aromatic heterocycles. The van der Waals surface area contributed by atoms with Crippen LogP contribution in [0.25, 0.3) is 10.1 Å². The van der Waals surface area contributed by atoms with Gasteiger partial charge in [-0.05, 0) is 61.4 Å². The number of carbonyl (C=O) groups excluding carboxylic acids is 1. The first kappa shape index (κ1) is 15.3. The summed E-state index contributed by atoms with van der Waals surface area (Å²) in [6.45, 7) is 4.42. The zero-order valence-electron chi connectivity index (χ0n) is 13.1. The summed E-state index contributed by atoms with van der Waals surface area (Å²) in [5, 5.41) is 1.12. The number of fused-ring (bicyclic) bond motifs is 1. The lowest BCUT2D eigenvalue weighted by molar-refractivity contribution is 0.0791. The molecule has 0 aliphatic carbocycles. The second-order valence-electron chi connectivity index (χ2n) is 5.90. The molecule has 1 aliphatic heterocycles. The Morgan fingerprint density at radius 2 is 2.32 bits per heavy atom. The number of ether oxygens (including phenoxy) is 1. The molecule has 1 atom stereocenters. The molecule has 0 saturated carbocycles. The van der Waals surface area contributed by atoms with Crippen molar-refractivity contribution in [2.45, 2.75) is 19.8 Å². The summed E-state index contributed by atoms with van der Waals surface area (Å²) in [6, 6.07) is 5.99.